The molecule has 3 heterocycles. The third-order valence-corrected chi connectivity index (χ3v) is 10.0. The second kappa shape index (κ2) is 8.96. The fourth-order valence-electron chi connectivity index (χ4n) is 3.56. The number of thiophene rings is 1. The van der Waals surface area contributed by atoms with Gasteiger partial charge in [-0.3, -0.25) is 4.79 Å². The molecule has 0 radical (unpaired) electrons. The van der Waals surface area contributed by atoms with Crippen LogP contribution in [0.2, 0.25) is 0 Å². The summed E-state index contributed by atoms with van der Waals surface area (Å²) in [6.45, 7) is 2.21. The van der Waals surface area contributed by atoms with Crippen LogP contribution in [0.5, 0.6) is 0 Å². The predicted octanol–water partition coefficient (Wildman–Crippen LogP) is 0.916. The zero-order chi connectivity index (χ0) is 22.1. The lowest BCUT2D eigenvalue weighted by molar-refractivity contribution is 0.0702. The molecule has 31 heavy (non-hydrogen) atoms. The lowest BCUT2D eigenvalue weighted by Gasteiger charge is -2.33. The molecule has 9 nitrogen and oxygen atoms in total. The molecule has 12 heteroatoms. The van der Waals surface area contributed by atoms with Gasteiger partial charge in [0.1, 0.15) is 0 Å². The van der Waals surface area contributed by atoms with Gasteiger partial charge in [0.25, 0.3) is 5.91 Å². The standard InChI is InChI=1S/C19H23N3O6S3/c23-19(18-2-1-15-29-18)20-7-9-21(10-8-20)30(24,25)16-3-5-17(6-4-16)31(26,27)22-11-13-28-14-12-22/h1-6,15H,7-14H2. The summed E-state index contributed by atoms with van der Waals surface area (Å²) < 4.78 is 59.3. The molecular weight excluding hydrogens is 462 g/mol. The van der Waals surface area contributed by atoms with E-state index in [1.54, 1.807) is 11.0 Å². The van der Waals surface area contributed by atoms with Crippen molar-refractivity contribution in [1.29, 1.82) is 0 Å². The Hall–Kier alpha value is -1.83. The number of carbonyl (C=O) groups is 1. The Morgan fingerprint density at radius 2 is 1.29 bits per heavy atom. The number of nitrogens with zero attached hydrogens (tertiary/aromatic N) is 3. The second-order valence-electron chi connectivity index (χ2n) is 7.16. The van der Waals surface area contributed by atoms with Crippen molar-refractivity contribution in [2.45, 2.75) is 9.79 Å². The molecule has 0 atom stereocenters. The average molecular weight is 486 g/mol. The summed E-state index contributed by atoms with van der Waals surface area (Å²) in [5.41, 5.74) is 0. The first kappa shape index (κ1) is 22.4. The van der Waals surface area contributed by atoms with Gasteiger partial charge in [0, 0.05) is 39.3 Å². The highest BCUT2D eigenvalue weighted by atomic mass is 32.2. The Morgan fingerprint density at radius 3 is 1.77 bits per heavy atom. The maximum atomic E-state index is 13.0. The van der Waals surface area contributed by atoms with Crippen LogP contribution in [0.4, 0.5) is 0 Å². The molecule has 168 valence electrons. The van der Waals surface area contributed by atoms with Crippen molar-refractivity contribution in [3.63, 3.8) is 0 Å². The summed E-state index contributed by atoms with van der Waals surface area (Å²) in [5, 5.41) is 1.83. The fourth-order valence-corrected chi connectivity index (χ4v) is 7.08. The van der Waals surface area contributed by atoms with Gasteiger partial charge in [0.15, 0.2) is 0 Å². The highest BCUT2D eigenvalue weighted by molar-refractivity contribution is 7.89. The molecule has 2 saturated heterocycles. The molecule has 2 aliphatic heterocycles. The Balaban J connectivity index is 1.44. The van der Waals surface area contributed by atoms with Gasteiger partial charge in [-0.15, -0.1) is 11.3 Å². The van der Waals surface area contributed by atoms with E-state index in [9.17, 15) is 21.6 Å². The van der Waals surface area contributed by atoms with E-state index < -0.39 is 20.0 Å². The van der Waals surface area contributed by atoms with E-state index in [1.165, 1.54) is 44.2 Å². The molecule has 2 fully saturated rings. The van der Waals surface area contributed by atoms with Crippen LogP contribution in [-0.4, -0.2) is 88.7 Å². The Kier molecular flexibility index (Phi) is 6.47. The average Bonchev–Trinajstić information content (AvgIpc) is 3.34. The summed E-state index contributed by atoms with van der Waals surface area (Å²) >= 11 is 1.36. The fraction of sp³-hybridized carbons (Fsp3) is 0.421. The topological polar surface area (TPSA) is 104 Å². The van der Waals surface area contributed by atoms with Crippen molar-refractivity contribution in [1.82, 2.24) is 13.5 Å². The minimum Gasteiger partial charge on any atom is -0.379 e. The maximum Gasteiger partial charge on any atom is 0.264 e. The third kappa shape index (κ3) is 4.54. The van der Waals surface area contributed by atoms with Crippen LogP contribution >= 0.6 is 11.3 Å². The van der Waals surface area contributed by atoms with Crippen molar-refractivity contribution in [3.05, 3.63) is 46.7 Å². The van der Waals surface area contributed by atoms with Crippen LogP contribution in [0.3, 0.4) is 0 Å². The van der Waals surface area contributed by atoms with Crippen molar-refractivity contribution < 1.29 is 26.4 Å². The van der Waals surface area contributed by atoms with Crippen LogP contribution < -0.4 is 0 Å². The quantitative estimate of drug-likeness (QED) is 0.624. The minimum absolute atomic E-state index is 0.0338. The number of hydrogen-bond donors (Lipinski definition) is 0. The first-order valence-electron chi connectivity index (χ1n) is 9.81. The highest BCUT2D eigenvalue weighted by Gasteiger charge is 2.32. The lowest BCUT2D eigenvalue weighted by atomic mass is 10.3. The van der Waals surface area contributed by atoms with E-state index in [-0.39, 0.29) is 41.9 Å². The summed E-state index contributed by atoms with van der Waals surface area (Å²) in [5.74, 6) is -0.0929. The maximum absolute atomic E-state index is 13.0. The van der Waals surface area contributed by atoms with Crippen LogP contribution in [0.15, 0.2) is 51.6 Å². The zero-order valence-corrected chi connectivity index (χ0v) is 19.2. The van der Waals surface area contributed by atoms with E-state index in [0.29, 0.717) is 31.2 Å². The van der Waals surface area contributed by atoms with E-state index in [1.807, 2.05) is 11.4 Å². The van der Waals surface area contributed by atoms with Crippen LogP contribution in [0, 0.1) is 0 Å². The summed E-state index contributed by atoms with van der Waals surface area (Å²) in [7, 11) is -7.47. The molecule has 4 rings (SSSR count). The largest absolute Gasteiger partial charge is 0.379 e. The van der Waals surface area contributed by atoms with Crippen LogP contribution in [0.1, 0.15) is 9.67 Å². The number of piperazine rings is 1. The van der Waals surface area contributed by atoms with Gasteiger partial charge in [-0.25, -0.2) is 16.8 Å². The highest BCUT2D eigenvalue weighted by Crippen LogP contribution is 2.23. The van der Waals surface area contributed by atoms with Gasteiger partial charge in [-0.2, -0.15) is 8.61 Å². The summed E-state index contributed by atoms with van der Waals surface area (Å²) in [6.07, 6.45) is 0. The second-order valence-corrected chi connectivity index (χ2v) is 12.0. The summed E-state index contributed by atoms with van der Waals surface area (Å²) in [4.78, 5) is 14.8. The predicted molar refractivity (Wildman–Crippen MR) is 115 cm³/mol. The Labute approximate surface area is 185 Å². The van der Waals surface area contributed by atoms with Gasteiger partial charge in [0.2, 0.25) is 20.0 Å². The molecule has 2 aliphatic rings. The zero-order valence-electron chi connectivity index (χ0n) is 16.7. The monoisotopic (exact) mass is 485 g/mol. The van der Waals surface area contributed by atoms with Gasteiger partial charge in [-0.05, 0) is 35.7 Å². The molecule has 2 aromatic rings. The molecule has 1 aromatic heterocycles. The number of morpholine rings is 1. The van der Waals surface area contributed by atoms with Gasteiger partial charge < -0.3 is 9.64 Å². The number of hydrogen-bond acceptors (Lipinski definition) is 7. The van der Waals surface area contributed by atoms with Gasteiger partial charge >= 0.3 is 0 Å². The number of amides is 1. The summed E-state index contributed by atoms with van der Waals surface area (Å²) in [6, 6.07) is 8.87. The Morgan fingerprint density at radius 1 is 0.774 bits per heavy atom. The first-order chi connectivity index (χ1) is 14.8. The van der Waals surface area contributed by atoms with Crippen molar-refractivity contribution in [2.75, 3.05) is 52.5 Å². The number of ether oxygens (including phenoxy) is 1. The molecule has 0 unspecified atom stereocenters. The number of carbonyl (C=O) groups excluding carboxylic acids is 1. The molecule has 0 spiro atoms. The van der Waals surface area contributed by atoms with Gasteiger partial charge in [0.05, 0.1) is 27.9 Å². The minimum atomic E-state index is -3.78. The Bertz CT molecular complexity index is 1120. The molecule has 0 N–H and O–H groups in total. The SMILES string of the molecule is O=C(c1cccs1)N1CCN(S(=O)(=O)c2ccc(S(=O)(=O)N3CCOCC3)cc2)CC1. The molecule has 0 aliphatic carbocycles. The van der Waals surface area contributed by atoms with Crippen LogP contribution in [0.25, 0.3) is 0 Å². The molecule has 0 saturated carbocycles. The van der Waals surface area contributed by atoms with Gasteiger partial charge in [-0.1, -0.05) is 6.07 Å². The number of rotatable bonds is 5. The van der Waals surface area contributed by atoms with Crippen molar-refractivity contribution in [2.24, 2.45) is 0 Å². The van der Waals surface area contributed by atoms with E-state index in [4.69, 9.17) is 4.74 Å². The van der Waals surface area contributed by atoms with Crippen LogP contribution in [-0.2, 0) is 24.8 Å². The third-order valence-electron chi connectivity index (χ3n) is 5.33. The van der Waals surface area contributed by atoms with E-state index in [2.05, 4.69) is 0 Å². The van der Waals surface area contributed by atoms with Crippen molar-refractivity contribution >= 4 is 37.3 Å². The molecule has 0 bridgehead atoms. The van der Waals surface area contributed by atoms with E-state index >= 15 is 0 Å². The van der Waals surface area contributed by atoms with E-state index in [0.717, 1.165) is 0 Å². The molecular formula is C19H23N3O6S3. The number of sulfonamides is 2. The molecule has 1 aromatic carbocycles. The first-order valence-corrected chi connectivity index (χ1v) is 13.6. The smallest absolute Gasteiger partial charge is 0.264 e. The molecule has 1 amide bonds. The number of benzene rings is 1. The van der Waals surface area contributed by atoms with Crippen molar-refractivity contribution in [3.8, 4) is 0 Å². The normalized spacial score (nSPS) is 19.4. The lowest BCUT2D eigenvalue weighted by Crippen LogP contribution is -2.50.